The fraction of sp³-hybridized carbons (Fsp3) is 0.929. The summed E-state index contributed by atoms with van der Waals surface area (Å²) in [6.07, 6.45) is 14.0. The van der Waals surface area contributed by atoms with Crippen LogP contribution in [-0.4, -0.2) is 5.97 Å². The third kappa shape index (κ3) is 18.5. The molecule has 0 spiro atoms. The fourth-order valence-corrected chi connectivity index (χ4v) is 1.93. The summed E-state index contributed by atoms with van der Waals surface area (Å²) < 4.78 is 0. The largest absolute Gasteiger partial charge is 0.550 e. The molecular weight excluding hydrogens is 259 g/mol. The molecule has 0 aromatic heterocycles. The van der Waals surface area contributed by atoms with E-state index in [1.165, 1.54) is 57.8 Å². The van der Waals surface area contributed by atoms with Crippen molar-refractivity contribution in [2.75, 3.05) is 0 Å². The molecule has 0 aliphatic heterocycles. The molecule has 2 nitrogen and oxygen atoms in total. The van der Waals surface area contributed by atoms with E-state index in [0.717, 1.165) is 12.8 Å². The van der Waals surface area contributed by atoms with Gasteiger partial charge in [0.25, 0.3) is 0 Å². The Morgan fingerprint density at radius 2 is 1.12 bits per heavy atom. The second-order valence-corrected chi connectivity index (χ2v) is 4.66. The van der Waals surface area contributed by atoms with E-state index in [-0.39, 0.29) is 23.2 Å². The van der Waals surface area contributed by atoms with Crippen LogP contribution in [0.4, 0.5) is 0 Å². The number of carbonyl (C=O) groups excluding carboxylic acids is 1. The van der Waals surface area contributed by atoms with E-state index < -0.39 is 5.97 Å². The number of rotatable bonds is 12. The molecule has 0 aromatic rings. The normalized spacial score (nSPS) is 9.94. The van der Waals surface area contributed by atoms with Crippen LogP contribution in [0.25, 0.3) is 0 Å². The van der Waals surface area contributed by atoms with Crippen molar-refractivity contribution in [1.29, 1.82) is 0 Å². The minimum absolute atomic E-state index is 0. The predicted octanol–water partition coefficient (Wildman–Crippen LogP) is 3.43. The molecule has 0 fully saturated rings. The van der Waals surface area contributed by atoms with Crippen LogP contribution in [0.2, 0.25) is 0 Å². The molecule has 0 N–H and O–H groups in total. The van der Waals surface area contributed by atoms with Crippen LogP contribution >= 0.6 is 0 Å². The molecule has 0 saturated heterocycles. The average Bonchev–Trinajstić information content (AvgIpc) is 2.25. The number of carboxylic acid groups (broad SMARTS) is 1. The van der Waals surface area contributed by atoms with Crippen LogP contribution in [0.15, 0.2) is 0 Å². The molecule has 0 aromatic carbocycles. The zero-order valence-electron chi connectivity index (χ0n) is 11.1. The Labute approximate surface area is 117 Å². The third-order valence-electron chi connectivity index (χ3n) is 2.98. The molecule has 0 rings (SSSR count). The van der Waals surface area contributed by atoms with Crippen LogP contribution in [0, 0.1) is 0 Å². The Hall–Kier alpha value is -0.0235. The summed E-state index contributed by atoms with van der Waals surface area (Å²) in [5.41, 5.74) is 0. The van der Waals surface area contributed by atoms with Crippen molar-refractivity contribution >= 4 is 5.97 Å². The van der Waals surface area contributed by atoms with Crippen LogP contribution < -0.4 is 5.11 Å². The quantitative estimate of drug-likeness (QED) is 0.516. The van der Waals surface area contributed by atoms with Gasteiger partial charge in [-0.15, -0.1) is 0 Å². The van der Waals surface area contributed by atoms with Gasteiger partial charge in [0.05, 0.1) is 0 Å². The van der Waals surface area contributed by atoms with Crippen molar-refractivity contribution < 1.29 is 26.7 Å². The number of carboxylic acids is 1. The molecule has 1 radical (unpaired) electrons. The average molecular weight is 286 g/mol. The number of carbonyl (C=O) groups is 1. The summed E-state index contributed by atoms with van der Waals surface area (Å²) in [4.78, 5) is 10.1. The van der Waals surface area contributed by atoms with Crippen LogP contribution in [0.3, 0.4) is 0 Å². The van der Waals surface area contributed by atoms with Crippen molar-refractivity contribution in [3.05, 3.63) is 0 Å². The Morgan fingerprint density at radius 1 is 0.765 bits per heavy atom. The van der Waals surface area contributed by atoms with Gasteiger partial charge in [-0.05, 0) is 12.8 Å². The predicted molar refractivity (Wildman–Crippen MR) is 66.1 cm³/mol. The Balaban J connectivity index is 0. The molecule has 0 unspecified atom stereocenters. The minimum atomic E-state index is -0.907. The molecule has 105 valence electrons. The molecule has 0 bridgehead atoms. The third-order valence-corrected chi connectivity index (χ3v) is 2.98. The summed E-state index contributed by atoms with van der Waals surface area (Å²) in [6, 6.07) is 0. The molecule has 0 saturated carbocycles. The monoisotopic (exact) mass is 286 g/mol. The van der Waals surface area contributed by atoms with E-state index in [0.29, 0.717) is 0 Å². The second kappa shape index (κ2) is 16.0. The van der Waals surface area contributed by atoms with Gasteiger partial charge in [0.2, 0.25) is 0 Å². The smallest absolute Gasteiger partial charge is 0.0414 e. The summed E-state index contributed by atoms with van der Waals surface area (Å²) in [7, 11) is 0. The standard InChI is InChI=1S/C14H28O2.Co/c1-2-3-4-5-6-7-8-9-10-11-12-13-14(15)16;/h2-13H2,1H3,(H,15,16);/p-1. The Morgan fingerprint density at radius 3 is 1.47 bits per heavy atom. The molecule has 3 heteroatoms. The first kappa shape index (κ1) is 19.3. The molecular formula is C14H27CoO2-. The van der Waals surface area contributed by atoms with Crippen LogP contribution in [0.5, 0.6) is 0 Å². The van der Waals surface area contributed by atoms with Gasteiger partial charge in [0.1, 0.15) is 0 Å². The van der Waals surface area contributed by atoms with Crippen molar-refractivity contribution in [2.45, 2.75) is 84.0 Å². The molecule has 0 aliphatic rings. The van der Waals surface area contributed by atoms with Gasteiger partial charge in [-0.2, -0.15) is 0 Å². The van der Waals surface area contributed by atoms with Crippen molar-refractivity contribution in [2.24, 2.45) is 0 Å². The van der Waals surface area contributed by atoms with Gasteiger partial charge in [0, 0.05) is 22.7 Å². The van der Waals surface area contributed by atoms with E-state index in [1.54, 1.807) is 0 Å². The first-order valence-corrected chi connectivity index (χ1v) is 6.97. The Kier molecular flexibility index (Phi) is 18.2. The van der Waals surface area contributed by atoms with E-state index >= 15 is 0 Å². The van der Waals surface area contributed by atoms with E-state index in [2.05, 4.69) is 6.92 Å². The number of aliphatic carboxylic acids is 1. The van der Waals surface area contributed by atoms with Gasteiger partial charge in [0.15, 0.2) is 0 Å². The SMILES string of the molecule is CCCCCCCCCCCCCC(=O)[O-].[Co]. The maximum absolute atomic E-state index is 10.1. The zero-order chi connectivity index (χ0) is 12.1. The summed E-state index contributed by atoms with van der Waals surface area (Å²) in [5, 5.41) is 10.1. The molecule has 17 heavy (non-hydrogen) atoms. The van der Waals surface area contributed by atoms with E-state index in [4.69, 9.17) is 0 Å². The summed E-state index contributed by atoms with van der Waals surface area (Å²) >= 11 is 0. The van der Waals surface area contributed by atoms with Crippen molar-refractivity contribution in [3.8, 4) is 0 Å². The molecule has 0 amide bonds. The van der Waals surface area contributed by atoms with Gasteiger partial charge in [-0.25, -0.2) is 0 Å². The van der Waals surface area contributed by atoms with Gasteiger partial charge >= 0.3 is 0 Å². The number of hydrogen-bond acceptors (Lipinski definition) is 2. The first-order valence-electron chi connectivity index (χ1n) is 6.97. The maximum atomic E-state index is 10.1. The molecule has 0 aliphatic carbocycles. The van der Waals surface area contributed by atoms with E-state index in [9.17, 15) is 9.90 Å². The topological polar surface area (TPSA) is 40.1 Å². The molecule has 0 atom stereocenters. The maximum Gasteiger partial charge on any atom is 0.0414 e. The van der Waals surface area contributed by atoms with Crippen LogP contribution in [0.1, 0.15) is 84.0 Å². The summed E-state index contributed by atoms with van der Waals surface area (Å²) in [6.45, 7) is 2.24. The number of hydrogen-bond donors (Lipinski definition) is 0. The minimum Gasteiger partial charge on any atom is -0.550 e. The zero-order valence-corrected chi connectivity index (χ0v) is 12.2. The molecule has 0 heterocycles. The Bertz CT molecular complexity index is 160. The first-order chi connectivity index (χ1) is 7.77. The number of unbranched alkanes of at least 4 members (excludes halogenated alkanes) is 10. The van der Waals surface area contributed by atoms with Crippen molar-refractivity contribution in [3.63, 3.8) is 0 Å². The van der Waals surface area contributed by atoms with Gasteiger partial charge in [-0.1, -0.05) is 71.1 Å². The van der Waals surface area contributed by atoms with Gasteiger partial charge in [-0.3, -0.25) is 0 Å². The van der Waals surface area contributed by atoms with E-state index in [1.807, 2.05) is 0 Å². The van der Waals surface area contributed by atoms with Gasteiger partial charge < -0.3 is 9.90 Å². The van der Waals surface area contributed by atoms with Crippen molar-refractivity contribution in [1.82, 2.24) is 0 Å². The fourth-order valence-electron chi connectivity index (χ4n) is 1.93. The summed E-state index contributed by atoms with van der Waals surface area (Å²) in [5.74, 6) is -0.907. The van der Waals surface area contributed by atoms with Crippen LogP contribution in [-0.2, 0) is 21.6 Å². The second-order valence-electron chi connectivity index (χ2n) is 4.66.